The Kier molecular flexibility index (Phi) is 9.41. The summed E-state index contributed by atoms with van der Waals surface area (Å²) in [5.41, 5.74) is 10.3. The van der Waals surface area contributed by atoms with Gasteiger partial charge in [-0.15, -0.1) is 12.4 Å². The van der Waals surface area contributed by atoms with Crippen molar-refractivity contribution >= 4 is 24.2 Å². The Bertz CT molecular complexity index is 210. The lowest BCUT2D eigenvalue weighted by Crippen LogP contribution is -2.41. The van der Waals surface area contributed by atoms with Crippen molar-refractivity contribution in [3.8, 4) is 0 Å². The van der Waals surface area contributed by atoms with Crippen LogP contribution in [-0.4, -0.2) is 36.3 Å². The molecule has 0 bridgehead atoms. The van der Waals surface area contributed by atoms with Gasteiger partial charge in [-0.3, -0.25) is 9.59 Å². The summed E-state index contributed by atoms with van der Waals surface area (Å²) in [4.78, 5) is 23.6. The molecule has 0 atom stereocenters. The molecular weight excluding hydrogens is 218 g/mol. The minimum atomic E-state index is -0.490. The van der Waals surface area contributed by atoms with Crippen LogP contribution in [0.5, 0.6) is 0 Å². The van der Waals surface area contributed by atoms with Gasteiger partial charge in [-0.05, 0) is 5.92 Å². The van der Waals surface area contributed by atoms with E-state index in [1.165, 1.54) is 4.90 Å². The maximum Gasteiger partial charge on any atom is 0.237 e. The Morgan fingerprint density at radius 2 is 1.87 bits per heavy atom. The second kappa shape index (κ2) is 8.49. The van der Waals surface area contributed by atoms with Crippen LogP contribution in [-0.2, 0) is 9.59 Å². The Morgan fingerprint density at radius 3 is 2.20 bits per heavy atom. The van der Waals surface area contributed by atoms with Crippen molar-refractivity contribution < 1.29 is 9.59 Å². The molecule has 0 unspecified atom stereocenters. The van der Waals surface area contributed by atoms with Crippen LogP contribution in [0, 0.1) is 5.92 Å². The Labute approximate surface area is 96.6 Å². The quantitative estimate of drug-likeness (QED) is 0.666. The predicted octanol–water partition coefficient (Wildman–Crippen LogP) is -0.273. The number of halogens is 1. The number of carbonyl (C=O) groups excluding carboxylic acids is 2. The molecule has 0 radical (unpaired) electrons. The lowest BCUT2D eigenvalue weighted by molar-refractivity contribution is -0.135. The van der Waals surface area contributed by atoms with Gasteiger partial charge in [0.1, 0.15) is 0 Å². The average molecular weight is 238 g/mol. The highest BCUT2D eigenvalue weighted by Gasteiger charge is 2.15. The van der Waals surface area contributed by atoms with Crippen molar-refractivity contribution in [3.05, 3.63) is 0 Å². The summed E-state index contributed by atoms with van der Waals surface area (Å²) in [6.07, 6.45) is 0.264. The van der Waals surface area contributed by atoms with Crippen molar-refractivity contribution in [2.75, 3.05) is 19.6 Å². The van der Waals surface area contributed by atoms with Crippen molar-refractivity contribution in [2.45, 2.75) is 20.3 Å². The van der Waals surface area contributed by atoms with Gasteiger partial charge in [0.15, 0.2) is 0 Å². The van der Waals surface area contributed by atoms with E-state index in [9.17, 15) is 9.59 Å². The largest absolute Gasteiger partial charge is 0.368 e. The molecular formula is C9H20ClN3O2. The van der Waals surface area contributed by atoms with E-state index in [1.54, 1.807) is 0 Å². The number of amides is 2. The van der Waals surface area contributed by atoms with Gasteiger partial charge in [0, 0.05) is 19.5 Å². The van der Waals surface area contributed by atoms with Crippen LogP contribution in [0.2, 0.25) is 0 Å². The van der Waals surface area contributed by atoms with Crippen LogP contribution in [0.1, 0.15) is 20.3 Å². The van der Waals surface area contributed by atoms with E-state index in [-0.39, 0.29) is 31.3 Å². The molecule has 0 spiro atoms. The molecule has 5 nitrogen and oxygen atoms in total. The van der Waals surface area contributed by atoms with Crippen LogP contribution in [0.15, 0.2) is 0 Å². The zero-order valence-electron chi connectivity index (χ0n) is 9.23. The van der Waals surface area contributed by atoms with Crippen LogP contribution < -0.4 is 11.5 Å². The highest BCUT2D eigenvalue weighted by atomic mass is 35.5. The number of primary amides is 1. The average Bonchev–Trinajstić information content (AvgIpc) is 2.01. The van der Waals surface area contributed by atoms with Gasteiger partial charge < -0.3 is 16.4 Å². The van der Waals surface area contributed by atoms with E-state index < -0.39 is 5.91 Å². The van der Waals surface area contributed by atoms with Crippen molar-refractivity contribution in [1.29, 1.82) is 0 Å². The maximum absolute atomic E-state index is 11.5. The summed E-state index contributed by atoms with van der Waals surface area (Å²) < 4.78 is 0. The van der Waals surface area contributed by atoms with Crippen molar-refractivity contribution in [3.63, 3.8) is 0 Å². The molecule has 0 aromatic heterocycles. The van der Waals surface area contributed by atoms with E-state index in [0.717, 1.165) is 0 Å². The fourth-order valence-corrected chi connectivity index (χ4v) is 1.17. The monoisotopic (exact) mass is 237 g/mol. The van der Waals surface area contributed by atoms with Gasteiger partial charge in [-0.2, -0.15) is 0 Å². The summed E-state index contributed by atoms with van der Waals surface area (Å²) in [6.45, 7) is 4.78. The highest BCUT2D eigenvalue weighted by molar-refractivity contribution is 5.85. The molecule has 0 saturated heterocycles. The Morgan fingerprint density at radius 1 is 1.33 bits per heavy atom. The van der Waals surface area contributed by atoms with Gasteiger partial charge in [-0.1, -0.05) is 13.8 Å². The standard InChI is InChI=1S/C9H19N3O2.ClH/c1-7(2)5-12(6-8(11)13)9(14)3-4-10;/h7H,3-6,10H2,1-2H3,(H2,11,13);1H. The predicted molar refractivity (Wildman–Crippen MR) is 61.5 cm³/mol. The summed E-state index contributed by atoms with van der Waals surface area (Å²) in [5, 5.41) is 0. The molecule has 0 fully saturated rings. The fraction of sp³-hybridized carbons (Fsp3) is 0.778. The molecule has 15 heavy (non-hydrogen) atoms. The molecule has 4 N–H and O–H groups in total. The Hall–Kier alpha value is -0.810. The number of hydrogen-bond acceptors (Lipinski definition) is 3. The van der Waals surface area contributed by atoms with Crippen LogP contribution >= 0.6 is 12.4 Å². The fourth-order valence-electron chi connectivity index (χ4n) is 1.17. The molecule has 2 amide bonds. The maximum atomic E-state index is 11.5. The minimum absolute atomic E-state index is 0. The SMILES string of the molecule is CC(C)CN(CC(N)=O)C(=O)CCN.Cl. The summed E-state index contributed by atoms with van der Waals surface area (Å²) in [6, 6.07) is 0. The van der Waals surface area contributed by atoms with Crippen LogP contribution in [0.25, 0.3) is 0 Å². The zero-order valence-corrected chi connectivity index (χ0v) is 10.0. The van der Waals surface area contributed by atoms with Gasteiger partial charge in [0.05, 0.1) is 6.54 Å². The molecule has 0 aliphatic heterocycles. The third-order valence-corrected chi connectivity index (χ3v) is 1.64. The van der Waals surface area contributed by atoms with E-state index >= 15 is 0 Å². The first-order valence-electron chi connectivity index (χ1n) is 4.73. The normalized spacial score (nSPS) is 9.60. The van der Waals surface area contributed by atoms with E-state index in [4.69, 9.17) is 11.5 Å². The second-order valence-electron chi connectivity index (χ2n) is 3.67. The van der Waals surface area contributed by atoms with Crippen LogP contribution in [0.3, 0.4) is 0 Å². The molecule has 6 heteroatoms. The Balaban J connectivity index is 0. The van der Waals surface area contributed by atoms with Gasteiger partial charge in [0.25, 0.3) is 0 Å². The number of nitrogens with two attached hydrogens (primary N) is 2. The van der Waals surface area contributed by atoms with Crippen LogP contribution in [0.4, 0.5) is 0 Å². The topological polar surface area (TPSA) is 89.4 Å². The van der Waals surface area contributed by atoms with E-state index in [0.29, 0.717) is 19.0 Å². The molecule has 0 heterocycles. The van der Waals surface area contributed by atoms with Gasteiger partial charge in [0.2, 0.25) is 11.8 Å². The molecule has 0 aliphatic rings. The molecule has 0 aliphatic carbocycles. The first-order valence-corrected chi connectivity index (χ1v) is 4.73. The summed E-state index contributed by atoms with van der Waals surface area (Å²) >= 11 is 0. The molecule has 0 saturated carbocycles. The lowest BCUT2D eigenvalue weighted by Gasteiger charge is -2.22. The summed E-state index contributed by atoms with van der Waals surface area (Å²) in [5.74, 6) is -0.285. The van der Waals surface area contributed by atoms with Crippen molar-refractivity contribution in [2.24, 2.45) is 17.4 Å². The zero-order chi connectivity index (χ0) is 11.1. The molecule has 0 rings (SSSR count). The molecule has 90 valence electrons. The smallest absolute Gasteiger partial charge is 0.237 e. The third-order valence-electron chi connectivity index (χ3n) is 1.64. The first kappa shape index (κ1) is 16.6. The lowest BCUT2D eigenvalue weighted by atomic mass is 10.2. The third kappa shape index (κ3) is 8.20. The second-order valence-corrected chi connectivity index (χ2v) is 3.67. The van der Waals surface area contributed by atoms with Crippen molar-refractivity contribution in [1.82, 2.24) is 4.90 Å². The molecule has 0 aromatic rings. The number of carbonyl (C=O) groups is 2. The van der Waals surface area contributed by atoms with Gasteiger partial charge in [-0.25, -0.2) is 0 Å². The highest BCUT2D eigenvalue weighted by Crippen LogP contribution is 2.00. The van der Waals surface area contributed by atoms with E-state index in [2.05, 4.69) is 0 Å². The minimum Gasteiger partial charge on any atom is -0.368 e. The number of hydrogen-bond donors (Lipinski definition) is 2. The summed E-state index contributed by atoms with van der Waals surface area (Å²) in [7, 11) is 0. The van der Waals surface area contributed by atoms with Gasteiger partial charge >= 0.3 is 0 Å². The molecule has 0 aromatic carbocycles. The number of nitrogens with zero attached hydrogens (tertiary/aromatic N) is 1. The number of rotatable bonds is 6. The van der Waals surface area contributed by atoms with E-state index in [1.807, 2.05) is 13.8 Å². The first-order chi connectivity index (χ1) is 6.47.